The molecule has 0 aliphatic heterocycles. The lowest BCUT2D eigenvalue weighted by Crippen LogP contribution is -2.54. The van der Waals surface area contributed by atoms with Crippen molar-refractivity contribution in [3.8, 4) is 0 Å². The number of nitrogens with one attached hydrogen (secondary N) is 2. The standard InChI is InChI=1S/C26H45N3O3/c1-17(29-32-24(31)28-15-5-14-27-4)21-8-9-22-20-7-6-18-16-19(30)10-12-25(18,2)23(20)11-13-26(21,22)3/h18-23,27,30H,5-16H2,1-4H3,(H,28,31)/b29-17+/t18-,19-,20-,21+,22-,23-,25-,26+/m0/s1. The summed E-state index contributed by atoms with van der Waals surface area (Å²) in [6, 6.07) is 0. The van der Waals surface area contributed by atoms with Gasteiger partial charge in [0.1, 0.15) is 0 Å². The Balaban J connectivity index is 1.40. The van der Waals surface area contributed by atoms with Crippen LogP contribution in [0.15, 0.2) is 5.16 Å². The summed E-state index contributed by atoms with van der Waals surface area (Å²) in [4.78, 5) is 17.2. The van der Waals surface area contributed by atoms with Crippen molar-refractivity contribution < 1.29 is 14.7 Å². The van der Waals surface area contributed by atoms with Gasteiger partial charge in [0.15, 0.2) is 0 Å². The summed E-state index contributed by atoms with van der Waals surface area (Å²) in [5.74, 6) is 3.47. The highest BCUT2D eigenvalue weighted by Gasteiger charge is 2.60. The van der Waals surface area contributed by atoms with Crippen molar-refractivity contribution in [3.63, 3.8) is 0 Å². The second kappa shape index (κ2) is 9.61. The minimum atomic E-state index is -0.449. The van der Waals surface area contributed by atoms with Crippen LogP contribution in [-0.2, 0) is 4.84 Å². The van der Waals surface area contributed by atoms with Crippen LogP contribution >= 0.6 is 0 Å². The van der Waals surface area contributed by atoms with E-state index in [1.54, 1.807) is 0 Å². The smallest absolute Gasteiger partial charge is 0.393 e. The van der Waals surface area contributed by atoms with E-state index >= 15 is 0 Å². The van der Waals surface area contributed by atoms with Gasteiger partial charge in [0.05, 0.1) is 11.8 Å². The molecule has 0 aromatic heterocycles. The average Bonchev–Trinajstić information content (AvgIpc) is 3.13. The molecule has 0 saturated heterocycles. The van der Waals surface area contributed by atoms with Gasteiger partial charge >= 0.3 is 6.09 Å². The van der Waals surface area contributed by atoms with Crippen LogP contribution in [0.5, 0.6) is 0 Å². The Hall–Kier alpha value is -1.14. The number of nitrogens with zero attached hydrogens (tertiary/aromatic N) is 1. The SMILES string of the molecule is CNCCCNC(=O)O/N=C(\C)[C@H]1CC[C@H]2[C@@H]3CC[C@H]4C[C@@H](O)CC[C@]4(C)[C@H]3CC[C@]12C. The van der Waals surface area contributed by atoms with E-state index in [9.17, 15) is 9.90 Å². The Bertz CT molecular complexity index is 712. The number of oxime groups is 1. The summed E-state index contributed by atoms with van der Waals surface area (Å²) in [5.41, 5.74) is 1.66. The second-order valence-electron chi connectivity index (χ2n) is 11.8. The van der Waals surface area contributed by atoms with Crippen molar-refractivity contribution in [2.45, 2.75) is 91.1 Å². The molecule has 0 heterocycles. The third kappa shape index (κ3) is 4.34. The predicted molar refractivity (Wildman–Crippen MR) is 127 cm³/mol. The third-order valence-corrected chi connectivity index (χ3v) is 10.3. The Morgan fingerprint density at radius 2 is 1.78 bits per heavy atom. The van der Waals surface area contributed by atoms with Crippen LogP contribution < -0.4 is 10.6 Å². The molecule has 182 valence electrons. The van der Waals surface area contributed by atoms with E-state index < -0.39 is 6.09 Å². The lowest BCUT2D eigenvalue weighted by molar-refractivity contribution is -0.123. The maximum Gasteiger partial charge on any atom is 0.433 e. The molecule has 4 aliphatic carbocycles. The summed E-state index contributed by atoms with van der Waals surface area (Å²) in [6.07, 6.45) is 11.1. The molecule has 0 unspecified atom stereocenters. The first-order valence-electron chi connectivity index (χ1n) is 13.1. The lowest BCUT2D eigenvalue weighted by Gasteiger charge is -2.61. The van der Waals surface area contributed by atoms with E-state index in [2.05, 4.69) is 36.6 Å². The van der Waals surface area contributed by atoms with Gasteiger partial charge in [0.2, 0.25) is 0 Å². The zero-order chi connectivity index (χ0) is 22.9. The summed E-state index contributed by atoms with van der Waals surface area (Å²) in [7, 11) is 1.90. The van der Waals surface area contributed by atoms with Gasteiger partial charge in [0.25, 0.3) is 0 Å². The molecule has 1 amide bonds. The van der Waals surface area contributed by atoms with Crippen molar-refractivity contribution in [3.05, 3.63) is 0 Å². The van der Waals surface area contributed by atoms with Gasteiger partial charge in [-0.2, -0.15) is 0 Å². The molecule has 4 rings (SSSR count). The first-order valence-corrected chi connectivity index (χ1v) is 13.1. The fourth-order valence-corrected chi connectivity index (χ4v) is 8.59. The second-order valence-corrected chi connectivity index (χ2v) is 11.8. The maximum atomic E-state index is 12.0. The molecule has 0 spiro atoms. The zero-order valence-electron chi connectivity index (χ0n) is 20.7. The van der Waals surface area contributed by atoms with Crippen molar-refractivity contribution in [2.24, 2.45) is 45.6 Å². The Morgan fingerprint density at radius 1 is 1.03 bits per heavy atom. The van der Waals surface area contributed by atoms with Crippen molar-refractivity contribution >= 4 is 11.8 Å². The number of aliphatic hydroxyl groups is 1. The molecule has 8 atom stereocenters. The predicted octanol–water partition coefficient (Wildman–Crippen LogP) is 4.72. The minimum absolute atomic E-state index is 0.0753. The number of hydrogen-bond donors (Lipinski definition) is 3. The van der Waals surface area contributed by atoms with E-state index in [-0.39, 0.29) is 11.5 Å². The molecule has 6 heteroatoms. The average molecular weight is 448 g/mol. The highest BCUT2D eigenvalue weighted by Crippen LogP contribution is 2.67. The van der Waals surface area contributed by atoms with Gasteiger partial charge in [-0.25, -0.2) is 4.79 Å². The molecular formula is C26H45N3O3. The Kier molecular flexibility index (Phi) is 7.21. The zero-order valence-corrected chi connectivity index (χ0v) is 20.7. The summed E-state index contributed by atoms with van der Waals surface area (Å²) < 4.78 is 0. The highest BCUT2D eigenvalue weighted by molar-refractivity contribution is 5.85. The van der Waals surface area contributed by atoms with Crippen LogP contribution in [0.2, 0.25) is 0 Å². The van der Waals surface area contributed by atoms with E-state index in [1.807, 2.05) is 7.05 Å². The summed E-state index contributed by atoms with van der Waals surface area (Å²) in [5, 5.41) is 20.4. The van der Waals surface area contributed by atoms with Crippen LogP contribution in [0.4, 0.5) is 4.79 Å². The van der Waals surface area contributed by atoms with Gasteiger partial charge in [-0.1, -0.05) is 19.0 Å². The van der Waals surface area contributed by atoms with Gasteiger partial charge in [-0.05, 0) is 119 Å². The Morgan fingerprint density at radius 3 is 2.56 bits per heavy atom. The summed E-state index contributed by atoms with van der Waals surface area (Å²) in [6.45, 7) is 8.55. The minimum Gasteiger partial charge on any atom is -0.393 e. The van der Waals surface area contributed by atoms with Crippen LogP contribution in [-0.4, -0.2) is 43.2 Å². The molecule has 0 aromatic rings. The van der Waals surface area contributed by atoms with Crippen LogP contribution in [0.1, 0.15) is 85.0 Å². The van der Waals surface area contributed by atoms with Crippen LogP contribution in [0.25, 0.3) is 0 Å². The van der Waals surface area contributed by atoms with E-state index in [0.717, 1.165) is 55.7 Å². The maximum absolute atomic E-state index is 12.0. The number of fused-ring (bicyclic) bond motifs is 5. The van der Waals surface area contributed by atoms with Crippen LogP contribution in [0, 0.1) is 40.4 Å². The summed E-state index contributed by atoms with van der Waals surface area (Å²) >= 11 is 0. The first kappa shape index (κ1) is 24.0. The molecule has 4 aliphatic rings. The number of carbonyl (C=O) groups excluding carboxylic acids is 1. The van der Waals surface area contributed by atoms with Crippen molar-refractivity contribution in [1.29, 1.82) is 0 Å². The quantitative estimate of drug-likeness (QED) is 0.238. The number of aliphatic hydroxyl groups excluding tert-OH is 1. The fraction of sp³-hybridized carbons (Fsp3) is 0.923. The monoisotopic (exact) mass is 447 g/mol. The number of hydrogen-bond acceptors (Lipinski definition) is 5. The van der Waals surface area contributed by atoms with Crippen molar-refractivity contribution in [1.82, 2.24) is 10.6 Å². The van der Waals surface area contributed by atoms with Crippen molar-refractivity contribution in [2.75, 3.05) is 20.1 Å². The molecule has 3 N–H and O–H groups in total. The number of carbonyl (C=O) groups is 1. The van der Waals surface area contributed by atoms with Crippen LogP contribution in [0.3, 0.4) is 0 Å². The molecule has 0 radical (unpaired) electrons. The third-order valence-electron chi connectivity index (χ3n) is 10.3. The number of amides is 1. The topological polar surface area (TPSA) is 83.0 Å². The number of rotatable bonds is 6. The molecule has 0 bridgehead atoms. The first-order chi connectivity index (χ1) is 15.3. The molecule has 0 aromatic carbocycles. The van der Waals surface area contributed by atoms with E-state index in [0.29, 0.717) is 23.8 Å². The normalized spacial score (nSPS) is 43.7. The van der Waals surface area contributed by atoms with E-state index in [4.69, 9.17) is 4.84 Å². The van der Waals surface area contributed by atoms with Gasteiger partial charge in [0, 0.05) is 12.5 Å². The molecule has 4 fully saturated rings. The largest absolute Gasteiger partial charge is 0.433 e. The van der Waals surface area contributed by atoms with Gasteiger partial charge in [-0.3, -0.25) is 4.84 Å². The molecule has 6 nitrogen and oxygen atoms in total. The lowest BCUT2D eigenvalue weighted by atomic mass is 9.44. The molecule has 4 saturated carbocycles. The Labute approximate surface area is 194 Å². The van der Waals surface area contributed by atoms with E-state index in [1.165, 1.54) is 38.5 Å². The van der Waals surface area contributed by atoms with Gasteiger partial charge in [-0.15, -0.1) is 0 Å². The fourth-order valence-electron chi connectivity index (χ4n) is 8.59. The molecule has 32 heavy (non-hydrogen) atoms. The van der Waals surface area contributed by atoms with Gasteiger partial charge < -0.3 is 15.7 Å². The highest BCUT2D eigenvalue weighted by atomic mass is 16.7. The molecular weight excluding hydrogens is 402 g/mol.